The van der Waals surface area contributed by atoms with E-state index in [-0.39, 0.29) is 7.92 Å². The van der Waals surface area contributed by atoms with Crippen LogP contribution in [0.5, 0.6) is 0 Å². The largest absolute Gasteiger partial charge is 0.313 e. The maximum Gasteiger partial charge on any atom is 0.115 e. The Morgan fingerprint density at radius 2 is 2.21 bits per heavy atom. The van der Waals surface area contributed by atoms with E-state index < -0.39 is 0 Å². The van der Waals surface area contributed by atoms with Crippen molar-refractivity contribution >= 4 is 13.9 Å². The van der Waals surface area contributed by atoms with Gasteiger partial charge in [-0.15, -0.1) is 0 Å². The van der Waals surface area contributed by atoms with Crippen LogP contribution in [0.1, 0.15) is 33.1 Å². The predicted octanol–water partition coefficient (Wildman–Crippen LogP) is 3.45. The van der Waals surface area contributed by atoms with Crippen molar-refractivity contribution in [3.8, 4) is 0 Å². The molecule has 0 amide bonds. The summed E-state index contributed by atoms with van der Waals surface area (Å²) in [5, 5.41) is 0. The third kappa shape index (κ3) is 2.60. The van der Waals surface area contributed by atoms with Gasteiger partial charge in [-0.3, -0.25) is 0 Å². The van der Waals surface area contributed by atoms with Gasteiger partial charge in [-0.2, -0.15) is 6.08 Å². The molecule has 2 heteroatoms. The fraction of sp³-hybridized carbons (Fsp3) is 0.667. The van der Waals surface area contributed by atoms with Crippen LogP contribution in [0.15, 0.2) is 11.6 Å². The van der Waals surface area contributed by atoms with Crippen molar-refractivity contribution in [2.45, 2.75) is 38.8 Å². The standard InChI is InChI=1S/C10H16NP.C2H6/c1-11-7-9-5-3-4-6-10(9)12(2)8-11;1-2/h5,7-8,10H,3-4,6H2,1-2H3;1-2H3. The minimum atomic E-state index is 0.113. The molecule has 80 valence electrons. The first-order valence-corrected chi connectivity index (χ1v) is 7.54. The lowest BCUT2D eigenvalue weighted by Gasteiger charge is -2.34. The summed E-state index contributed by atoms with van der Waals surface area (Å²) in [6.07, 6.45) is 6.52. The van der Waals surface area contributed by atoms with Gasteiger partial charge in [-0.1, -0.05) is 40.2 Å². The molecule has 0 fully saturated rings. The van der Waals surface area contributed by atoms with Crippen LogP contribution < -0.4 is 0 Å². The van der Waals surface area contributed by atoms with Gasteiger partial charge in [0.1, 0.15) is 7.05 Å². The van der Waals surface area contributed by atoms with Gasteiger partial charge in [-0.05, 0) is 18.7 Å². The number of hydrogen-bond acceptors (Lipinski definition) is 0. The van der Waals surface area contributed by atoms with Crippen molar-refractivity contribution in [1.82, 2.24) is 0 Å². The highest BCUT2D eigenvalue weighted by Gasteiger charge is 2.24. The second kappa shape index (κ2) is 5.56. The van der Waals surface area contributed by atoms with Gasteiger partial charge in [0.05, 0.1) is 12.5 Å². The number of nitrogens with zero attached hydrogens (tertiary/aromatic N) is 1. The Kier molecular flexibility index (Phi) is 4.68. The normalized spacial score (nSPS) is 30.0. The Morgan fingerprint density at radius 3 is 2.93 bits per heavy atom. The van der Waals surface area contributed by atoms with E-state index in [4.69, 9.17) is 0 Å². The Hall–Kier alpha value is -0.290. The number of likely N-dealkylation sites (N-methyl/N-ethyl adjacent to an activating group) is 1. The highest BCUT2D eigenvalue weighted by atomic mass is 31.1. The van der Waals surface area contributed by atoms with E-state index in [1.165, 1.54) is 19.3 Å². The zero-order valence-corrected chi connectivity index (χ0v) is 10.7. The Balaban J connectivity index is 0.000000461. The lowest BCUT2D eigenvalue weighted by atomic mass is 9.99. The molecule has 14 heavy (non-hydrogen) atoms. The first kappa shape index (κ1) is 11.8. The fourth-order valence-electron chi connectivity index (χ4n) is 2.10. The summed E-state index contributed by atoms with van der Waals surface area (Å²) in [5.74, 6) is 2.39. The van der Waals surface area contributed by atoms with E-state index in [0.29, 0.717) is 0 Å². The highest BCUT2D eigenvalue weighted by molar-refractivity contribution is 7.72. The van der Waals surface area contributed by atoms with Gasteiger partial charge in [0.25, 0.3) is 0 Å². The van der Waals surface area contributed by atoms with Gasteiger partial charge in [0.2, 0.25) is 0 Å². The molecule has 0 saturated heterocycles. The van der Waals surface area contributed by atoms with E-state index in [1.54, 1.807) is 5.57 Å². The number of fused-ring (bicyclic) bond motifs is 1. The van der Waals surface area contributed by atoms with E-state index >= 15 is 0 Å². The van der Waals surface area contributed by atoms with Gasteiger partial charge in [0.15, 0.2) is 0 Å². The molecule has 2 aliphatic rings. The summed E-state index contributed by atoms with van der Waals surface area (Å²) in [6, 6.07) is 0. The fourth-order valence-corrected chi connectivity index (χ4v) is 4.13. The third-order valence-electron chi connectivity index (χ3n) is 2.66. The lowest BCUT2D eigenvalue weighted by Crippen LogP contribution is -2.23. The van der Waals surface area contributed by atoms with Gasteiger partial charge in [-0.25, -0.2) is 0 Å². The van der Waals surface area contributed by atoms with Crippen LogP contribution in [0, 0.1) is 6.54 Å². The molecule has 0 bridgehead atoms. The summed E-state index contributed by atoms with van der Waals surface area (Å²) in [5.41, 5.74) is 2.48. The molecule has 1 aliphatic heterocycles. The summed E-state index contributed by atoms with van der Waals surface area (Å²) >= 11 is 0. The van der Waals surface area contributed by atoms with Crippen LogP contribution in [-0.2, 0) is 0 Å². The summed E-state index contributed by atoms with van der Waals surface area (Å²) < 4.78 is 2.24. The van der Waals surface area contributed by atoms with Crippen molar-refractivity contribution in [2.24, 2.45) is 0 Å². The topological polar surface area (TPSA) is 3.01 Å². The number of hydrogen-bond donors (Lipinski definition) is 0. The van der Waals surface area contributed by atoms with Gasteiger partial charge < -0.3 is 4.58 Å². The Bertz CT molecular complexity index is 243. The smallest absolute Gasteiger partial charge is 0.115 e. The quantitative estimate of drug-likeness (QED) is 0.328. The van der Waals surface area contributed by atoms with Gasteiger partial charge >= 0.3 is 0 Å². The lowest BCUT2D eigenvalue weighted by molar-refractivity contribution is -0.442. The van der Waals surface area contributed by atoms with E-state index in [9.17, 15) is 0 Å². The van der Waals surface area contributed by atoms with E-state index in [1.807, 2.05) is 13.8 Å². The molecule has 0 aromatic rings. The second-order valence-electron chi connectivity index (χ2n) is 3.73. The first-order valence-electron chi connectivity index (χ1n) is 5.61. The average Bonchev–Trinajstić information content (AvgIpc) is 2.20. The Labute approximate surface area is 89.7 Å². The molecular weight excluding hydrogens is 189 g/mol. The second-order valence-corrected chi connectivity index (χ2v) is 5.91. The van der Waals surface area contributed by atoms with Crippen LogP contribution in [0.3, 0.4) is 0 Å². The minimum absolute atomic E-state index is 0.113. The summed E-state index contributed by atoms with van der Waals surface area (Å²) in [6.45, 7) is 8.69. The molecule has 2 atom stereocenters. The van der Waals surface area contributed by atoms with E-state index in [2.05, 4.69) is 36.9 Å². The van der Waals surface area contributed by atoms with Crippen molar-refractivity contribution in [3.05, 3.63) is 18.2 Å². The molecule has 2 unspecified atom stereocenters. The first-order chi connectivity index (χ1) is 6.77. The van der Waals surface area contributed by atoms with E-state index in [0.717, 1.165) is 5.66 Å². The van der Waals surface area contributed by atoms with Crippen molar-refractivity contribution in [2.75, 3.05) is 13.7 Å². The van der Waals surface area contributed by atoms with Crippen molar-refractivity contribution in [3.63, 3.8) is 0 Å². The molecular formula is C12H22NP. The number of allylic oxidation sites excluding steroid dienone is 1. The van der Waals surface area contributed by atoms with Crippen LogP contribution in [0.2, 0.25) is 0 Å². The molecule has 0 N–H and O–H groups in total. The molecule has 0 spiro atoms. The molecule has 0 radical (unpaired) electrons. The molecule has 1 heterocycles. The van der Waals surface area contributed by atoms with Crippen LogP contribution in [0.4, 0.5) is 0 Å². The zero-order chi connectivity index (χ0) is 10.6. The monoisotopic (exact) mass is 211 g/mol. The van der Waals surface area contributed by atoms with Crippen LogP contribution in [0.25, 0.3) is 0 Å². The molecule has 1 aliphatic carbocycles. The summed E-state index contributed by atoms with van der Waals surface area (Å²) in [4.78, 5) is 0. The molecule has 0 aromatic carbocycles. The highest BCUT2D eigenvalue weighted by Crippen LogP contribution is 2.46. The maximum absolute atomic E-state index is 2.43. The summed E-state index contributed by atoms with van der Waals surface area (Å²) in [7, 11) is 2.26. The third-order valence-corrected chi connectivity index (χ3v) is 4.92. The van der Waals surface area contributed by atoms with Gasteiger partial charge in [0, 0.05) is 0 Å². The molecule has 0 saturated carbocycles. The molecule has 0 aromatic heterocycles. The predicted molar refractivity (Wildman–Crippen MR) is 66.5 cm³/mol. The average molecular weight is 211 g/mol. The maximum atomic E-state index is 2.43. The van der Waals surface area contributed by atoms with Crippen molar-refractivity contribution in [1.29, 1.82) is 0 Å². The number of rotatable bonds is 0. The van der Waals surface area contributed by atoms with Crippen LogP contribution in [-0.4, -0.2) is 29.9 Å². The Morgan fingerprint density at radius 1 is 1.50 bits per heavy atom. The molecule has 1 nitrogen and oxygen atoms in total. The zero-order valence-electron chi connectivity index (χ0n) is 9.83. The minimum Gasteiger partial charge on any atom is -0.313 e. The van der Waals surface area contributed by atoms with Crippen molar-refractivity contribution < 1.29 is 4.58 Å². The molecule has 2 rings (SSSR count). The van der Waals surface area contributed by atoms with Crippen LogP contribution >= 0.6 is 7.92 Å². The SMILES string of the molecule is CC.C[N+]1=CP(C)C2CCCC=C2[CH-]1.